The molecular formula is C21H23F2N3O4S. The standard InChI is InChI=1S/C21H23F2N3O4S/c1-13(18-24-16-7-5-6-8-17(16)26(18)20(22)23)30-19(27)14-9-11-15(12-10-14)31(28,29)25-21(2,3)4/h5-13,20,25H,1-4H3. The summed E-state index contributed by atoms with van der Waals surface area (Å²) in [5.74, 6) is -0.869. The van der Waals surface area contributed by atoms with Gasteiger partial charge in [0.1, 0.15) is 0 Å². The minimum atomic E-state index is -3.76. The highest BCUT2D eigenvalue weighted by atomic mass is 32.2. The molecule has 0 spiro atoms. The van der Waals surface area contributed by atoms with Crippen LogP contribution in [0.15, 0.2) is 53.4 Å². The number of imidazole rings is 1. The van der Waals surface area contributed by atoms with E-state index < -0.39 is 34.2 Å². The topological polar surface area (TPSA) is 90.3 Å². The second kappa shape index (κ2) is 8.35. The van der Waals surface area contributed by atoms with E-state index in [2.05, 4.69) is 9.71 Å². The quantitative estimate of drug-likeness (QED) is 0.560. The van der Waals surface area contributed by atoms with Crippen molar-refractivity contribution < 1.29 is 26.7 Å². The number of alkyl halides is 2. The van der Waals surface area contributed by atoms with E-state index in [-0.39, 0.29) is 21.8 Å². The minimum Gasteiger partial charge on any atom is -0.451 e. The van der Waals surface area contributed by atoms with Crippen molar-refractivity contribution in [2.75, 3.05) is 0 Å². The molecule has 0 saturated heterocycles. The lowest BCUT2D eigenvalue weighted by Gasteiger charge is -2.20. The predicted molar refractivity (Wildman–Crippen MR) is 111 cm³/mol. The summed E-state index contributed by atoms with van der Waals surface area (Å²) < 4.78 is 60.5. The normalized spacial score (nSPS) is 13.5. The molecule has 0 aliphatic carbocycles. The zero-order valence-corrected chi connectivity index (χ0v) is 18.3. The number of benzene rings is 2. The third-order valence-corrected chi connectivity index (χ3v) is 6.08. The van der Waals surface area contributed by atoms with Crippen molar-refractivity contribution in [2.24, 2.45) is 0 Å². The Balaban J connectivity index is 1.81. The summed E-state index contributed by atoms with van der Waals surface area (Å²) in [5.41, 5.74) is 0.0151. The monoisotopic (exact) mass is 451 g/mol. The molecule has 0 fully saturated rings. The van der Waals surface area contributed by atoms with Crippen LogP contribution in [0, 0.1) is 0 Å². The van der Waals surface area contributed by atoms with Crippen LogP contribution in [0.4, 0.5) is 8.78 Å². The molecule has 2 aromatic carbocycles. The van der Waals surface area contributed by atoms with Crippen molar-refractivity contribution in [3.05, 3.63) is 59.9 Å². The van der Waals surface area contributed by atoms with Gasteiger partial charge in [-0.2, -0.15) is 8.78 Å². The van der Waals surface area contributed by atoms with Gasteiger partial charge in [-0.3, -0.25) is 4.57 Å². The number of ether oxygens (including phenoxy) is 1. The fraction of sp³-hybridized carbons (Fsp3) is 0.333. The van der Waals surface area contributed by atoms with Gasteiger partial charge < -0.3 is 4.74 Å². The molecule has 0 aliphatic heterocycles. The molecule has 31 heavy (non-hydrogen) atoms. The Morgan fingerprint density at radius 3 is 2.29 bits per heavy atom. The third-order valence-electron chi connectivity index (χ3n) is 4.31. The van der Waals surface area contributed by atoms with Crippen LogP contribution >= 0.6 is 0 Å². The molecule has 1 aromatic heterocycles. The summed E-state index contributed by atoms with van der Waals surface area (Å²) in [6, 6.07) is 11.6. The molecule has 0 amide bonds. The average Bonchev–Trinajstić information content (AvgIpc) is 3.06. The Morgan fingerprint density at radius 2 is 1.71 bits per heavy atom. The van der Waals surface area contributed by atoms with Gasteiger partial charge in [-0.25, -0.2) is 22.9 Å². The van der Waals surface area contributed by atoms with Gasteiger partial charge in [-0.1, -0.05) is 12.1 Å². The highest BCUT2D eigenvalue weighted by molar-refractivity contribution is 7.89. The largest absolute Gasteiger partial charge is 0.451 e. The number of fused-ring (bicyclic) bond motifs is 1. The zero-order chi connectivity index (χ0) is 23.0. The van der Waals surface area contributed by atoms with Crippen LogP contribution in [-0.4, -0.2) is 29.5 Å². The summed E-state index contributed by atoms with van der Waals surface area (Å²) in [4.78, 5) is 16.7. The second-order valence-electron chi connectivity index (χ2n) is 8.03. The van der Waals surface area contributed by atoms with Crippen molar-refractivity contribution >= 4 is 27.0 Å². The number of nitrogens with one attached hydrogen (secondary N) is 1. The summed E-state index contributed by atoms with van der Waals surface area (Å²) >= 11 is 0. The molecule has 0 bridgehead atoms. The van der Waals surface area contributed by atoms with E-state index in [0.29, 0.717) is 5.52 Å². The van der Waals surface area contributed by atoms with Crippen molar-refractivity contribution in [3.8, 4) is 0 Å². The van der Waals surface area contributed by atoms with Gasteiger partial charge in [0.25, 0.3) is 0 Å². The van der Waals surface area contributed by atoms with Gasteiger partial charge >= 0.3 is 12.5 Å². The van der Waals surface area contributed by atoms with Gasteiger partial charge in [0, 0.05) is 5.54 Å². The van der Waals surface area contributed by atoms with Gasteiger partial charge in [-0.15, -0.1) is 0 Å². The summed E-state index contributed by atoms with van der Waals surface area (Å²) in [6.45, 7) is 3.73. The van der Waals surface area contributed by atoms with Gasteiger partial charge in [-0.05, 0) is 64.1 Å². The molecule has 0 aliphatic rings. The van der Waals surface area contributed by atoms with E-state index in [1.54, 1.807) is 39.0 Å². The predicted octanol–water partition coefficient (Wildman–Crippen LogP) is 4.43. The number of carbonyl (C=O) groups is 1. The third kappa shape index (κ3) is 5.08. The van der Waals surface area contributed by atoms with Crippen LogP contribution in [0.25, 0.3) is 11.0 Å². The lowest BCUT2D eigenvalue weighted by atomic mass is 10.1. The highest BCUT2D eigenvalue weighted by Crippen LogP contribution is 2.28. The first-order chi connectivity index (χ1) is 14.4. The van der Waals surface area contributed by atoms with E-state index in [4.69, 9.17) is 4.74 Å². The molecule has 7 nitrogen and oxygen atoms in total. The van der Waals surface area contributed by atoms with Crippen LogP contribution in [0.1, 0.15) is 56.5 Å². The van der Waals surface area contributed by atoms with E-state index in [9.17, 15) is 22.0 Å². The fourth-order valence-electron chi connectivity index (χ4n) is 3.07. The van der Waals surface area contributed by atoms with Crippen molar-refractivity contribution in [1.82, 2.24) is 14.3 Å². The summed E-state index contributed by atoms with van der Waals surface area (Å²) in [7, 11) is -3.76. The first-order valence-electron chi connectivity index (χ1n) is 9.49. The maximum atomic E-state index is 13.6. The molecule has 0 radical (unpaired) electrons. The molecule has 1 heterocycles. The van der Waals surface area contributed by atoms with Crippen LogP contribution in [0.3, 0.4) is 0 Å². The number of para-hydroxylation sites is 2. The van der Waals surface area contributed by atoms with Gasteiger partial charge in [0.2, 0.25) is 10.0 Å². The number of aromatic nitrogens is 2. The smallest absolute Gasteiger partial charge is 0.338 e. The van der Waals surface area contributed by atoms with E-state index in [1.807, 2.05) is 0 Å². The van der Waals surface area contributed by atoms with Crippen molar-refractivity contribution in [3.63, 3.8) is 0 Å². The molecule has 166 valence electrons. The Bertz CT molecular complexity index is 1200. The highest BCUT2D eigenvalue weighted by Gasteiger charge is 2.25. The second-order valence-corrected chi connectivity index (χ2v) is 9.72. The van der Waals surface area contributed by atoms with E-state index in [1.165, 1.54) is 37.3 Å². The molecule has 0 saturated carbocycles. The molecule has 10 heteroatoms. The van der Waals surface area contributed by atoms with Gasteiger partial charge in [0.05, 0.1) is 21.5 Å². The number of esters is 1. The number of halogens is 2. The van der Waals surface area contributed by atoms with Crippen LogP contribution in [0.5, 0.6) is 0 Å². The van der Waals surface area contributed by atoms with Gasteiger partial charge in [0.15, 0.2) is 11.9 Å². The first kappa shape index (κ1) is 22.8. The van der Waals surface area contributed by atoms with Crippen molar-refractivity contribution in [1.29, 1.82) is 0 Å². The Morgan fingerprint density at radius 1 is 1.10 bits per heavy atom. The van der Waals surface area contributed by atoms with Crippen LogP contribution in [-0.2, 0) is 14.8 Å². The van der Waals surface area contributed by atoms with Crippen molar-refractivity contribution in [2.45, 2.75) is 50.8 Å². The number of rotatable bonds is 6. The maximum Gasteiger partial charge on any atom is 0.338 e. The Labute approximate surface area is 179 Å². The number of hydrogen-bond donors (Lipinski definition) is 1. The molecule has 3 rings (SSSR count). The molecular weight excluding hydrogens is 428 g/mol. The molecule has 1 atom stereocenters. The lowest BCUT2D eigenvalue weighted by Crippen LogP contribution is -2.40. The Kier molecular flexibility index (Phi) is 6.15. The van der Waals surface area contributed by atoms with Crippen LogP contribution in [0.2, 0.25) is 0 Å². The number of sulfonamides is 1. The first-order valence-corrected chi connectivity index (χ1v) is 11.0. The maximum absolute atomic E-state index is 13.6. The number of hydrogen-bond acceptors (Lipinski definition) is 5. The summed E-state index contributed by atoms with van der Waals surface area (Å²) in [5, 5.41) is 0. The Hall–Kier alpha value is -2.85. The number of nitrogens with zero attached hydrogens (tertiary/aromatic N) is 2. The lowest BCUT2D eigenvalue weighted by molar-refractivity contribution is 0.0233. The minimum absolute atomic E-state index is 0.00786. The van der Waals surface area contributed by atoms with E-state index >= 15 is 0 Å². The van der Waals surface area contributed by atoms with E-state index in [0.717, 1.165) is 4.57 Å². The zero-order valence-electron chi connectivity index (χ0n) is 17.5. The summed E-state index contributed by atoms with van der Waals surface area (Å²) in [6.07, 6.45) is -1.06. The molecule has 3 aromatic rings. The average molecular weight is 451 g/mol. The SMILES string of the molecule is CC(OC(=O)c1ccc(S(=O)(=O)NC(C)(C)C)cc1)c1nc2ccccc2n1C(F)F. The fourth-order valence-corrected chi connectivity index (χ4v) is 4.49. The number of carbonyl (C=O) groups excluding carboxylic acids is 1. The molecule has 1 unspecified atom stereocenters. The van der Waals surface area contributed by atoms with Crippen LogP contribution < -0.4 is 4.72 Å². The molecule has 1 N–H and O–H groups in total.